The molecule has 34 heavy (non-hydrogen) atoms. The van der Waals surface area contributed by atoms with Crippen molar-refractivity contribution >= 4 is 21.6 Å². The lowest BCUT2D eigenvalue weighted by Crippen LogP contribution is -2.26. The minimum atomic E-state index is -4.03. The van der Waals surface area contributed by atoms with Gasteiger partial charge in [0.05, 0.1) is 12.0 Å². The largest absolute Gasteiger partial charge is 0.493 e. The number of methoxy groups -OCH3 is 1. The highest BCUT2D eigenvalue weighted by Gasteiger charge is 2.19. The monoisotopic (exact) mass is 494 g/mol. The van der Waals surface area contributed by atoms with E-state index in [9.17, 15) is 26.4 Å². The molecule has 0 aliphatic carbocycles. The lowest BCUT2D eigenvalue weighted by atomic mass is 10.1. The number of hydrogen-bond donors (Lipinski definition) is 1. The molecular weight excluding hydrogens is 473 g/mol. The second-order valence-electron chi connectivity index (χ2n) is 7.17. The molecule has 0 saturated heterocycles. The fourth-order valence-electron chi connectivity index (χ4n) is 3.10. The van der Waals surface area contributed by atoms with Gasteiger partial charge in [-0.3, -0.25) is 9.52 Å². The summed E-state index contributed by atoms with van der Waals surface area (Å²) in [7, 11) is -1.21. The molecule has 0 heterocycles. The van der Waals surface area contributed by atoms with Gasteiger partial charge in [0, 0.05) is 24.8 Å². The fourth-order valence-corrected chi connectivity index (χ4v) is 4.20. The highest BCUT2D eigenvalue weighted by molar-refractivity contribution is 7.92. The maximum absolute atomic E-state index is 13.1. The molecule has 0 bridgehead atoms. The van der Waals surface area contributed by atoms with Crippen LogP contribution in [-0.2, 0) is 16.6 Å². The summed E-state index contributed by atoms with van der Waals surface area (Å²) in [5.41, 5.74) is 0.869. The molecule has 0 saturated carbocycles. The molecule has 7 nitrogen and oxygen atoms in total. The number of nitrogens with one attached hydrogen (secondary N) is 1. The van der Waals surface area contributed by atoms with Gasteiger partial charge < -0.3 is 14.4 Å². The van der Waals surface area contributed by atoms with Gasteiger partial charge >= 0.3 is 6.61 Å². The van der Waals surface area contributed by atoms with E-state index in [0.717, 1.165) is 12.1 Å². The summed E-state index contributed by atoms with van der Waals surface area (Å²) >= 11 is 0. The first-order valence-electron chi connectivity index (χ1n) is 9.84. The van der Waals surface area contributed by atoms with Gasteiger partial charge in [-0.25, -0.2) is 12.8 Å². The molecule has 0 radical (unpaired) electrons. The van der Waals surface area contributed by atoms with Crippen molar-refractivity contribution in [3.8, 4) is 11.5 Å². The zero-order valence-corrected chi connectivity index (χ0v) is 19.0. The van der Waals surface area contributed by atoms with Crippen molar-refractivity contribution in [1.82, 2.24) is 4.90 Å². The molecular formula is C23H21F3N2O5S. The summed E-state index contributed by atoms with van der Waals surface area (Å²) in [4.78, 5) is 14.1. The molecule has 1 N–H and O–H groups in total. The number of amides is 1. The van der Waals surface area contributed by atoms with Gasteiger partial charge in [-0.2, -0.15) is 8.78 Å². The van der Waals surface area contributed by atoms with Gasteiger partial charge in [0.25, 0.3) is 15.9 Å². The van der Waals surface area contributed by atoms with Crippen LogP contribution in [0.1, 0.15) is 15.9 Å². The predicted octanol–water partition coefficient (Wildman–Crippen LogP) is 4.51. The highest BCUT2D eigenvalue weighted by Crippen LogP contribution is 2.30. The number of alkyl halides is 2. The zero-order chi connectivity index (χ0) is 24.9. The third kappa shape index (κ3) is 6.19. The third-order valence-corrected chi connectivity index (χ3v) is 6.08. The first-order chi connectivity index (χ1) is 16.1. The van der Waals surface area contributed by atoms with Gasteiger partial charge in [-0.05, 0) is 60.2 Å². The van der Waals surface area contributed by atoms with Crippen LogP contribution in [0.15, 0.2) is 71.6 Å². The van der Waals surface area contributed by atoms with Crippen LogP contribution in [0.2, 0.25) is 0 Å². The topological polar surface area (TPSA) is 84.9 Å². The number of carbonyl (C=O) groups is 1. The van der Waals surface area contributed by atoms with E-state index in [1.807, 2.05) is 0 Å². The normalized spacial score (nSPS) is 11.2. The van der Waals surface area contributed by atoms with Gasteiger partial charge in [0.15, 0.2) is 11.5 Å². The lowest BCUT2D eigenvalue weighted by molar-refractivity contribution is -0.0512. The van der Waals surface area contributed by atoms with Crippen LogP contribution < -0.4 is 14.2 Å². The Morgan fingerprint density at radius 2 is 1.74 bits per heavy atom. The van der Waals surface area contributed by atoms with E-state index in [-0.39, 0.29) is 34.2 Å². The molecule has 0 fully saturated rings. The first kappa shape index (κ1) is 24.9. The van der Waals surface area contributed by atoms with Crippen LogP contribution in [0.5, 0.6) is 11.5 Å². The van der Waals surface area contributed by atoms with E-state index in [4.69, 9.17) is 4.74 Å². The zero-order valence-electron chi connectivity index (χ0n) is 18.2. The van der Waals surface area contributed by atoms with E-state index in [2.05, 4.69) is 9.46 Å². The average molecular weight is 494 g/mol. The number of ether oxygens (including phenoxy) is 2. The first-order valence-corrected chi connectivity index (χ1v) is 11.3. The van der Waals surface area contributed by atoms with Crippen molar-refractivity contribution in [2.24, 2.45) is 0 Å². The van der Waals surface area contributed by atoms with E-state index in [0.29, 0.717) is 5.56 Å². The Hall–Kier alpha value is -3.73. The minimum Gasteiger partial charge on any atom is -0.493 e. The number of halogens is 3. The number of rotatable bonds is 9. The lowest BCUT2D eigenvalue weighted by Gasteiger charge is -2.19. The molecule has 11 heteroatoms. The Bertz CT molecular complexity index is 1270. The Kier molecular flexibility index (Phi) is 7.67. The standard InChI is InChI=1S/C23H21F3N2O5S/c1-28(14-15-6-11-20(33-23(25)26)21(12-15)32-2)22(29)16-4-3-5-19(13-16)34(30,31)27-18-9-7-17(24)8-10-18/h3-13,23,27H,14H2,1-2H3. The quantitative estimate of drug-likeness (QED) is 0.473. The number of carbonyl (C=O) groups excluding carboxylic acids is 1. The number of nitrogens with zero attached hydrogens (tertiary/aromatic N) is 1. The summed E-state index contributed by atoms with van der Waals surface area (Å²) in [5, 5.41) is 0. The number of benzene rings is 3. The second kappa shape index (κ2) is 10.5. The number of anilines is 1. The van der Waals surface area contributed by atoms with Gasteiger partial charge in [-0.15, -0.1) is 0 Å². The van der Waals surface area contributed by atoms with Crippen molar-refractivity contribution in [2.75, 3.05) is 18.9 Å². The van der Waals surface area contributed by atoms with Crippen LogP contribution in [0.25, 0.3) is 0 Å². The van der Waals surface area contributed by atoms with Crippen molar-refractivity contribution in [1.29, 1.82) is 0 Å². The molecule has 1 amide bonds. The molecule has 0 aromatic heterocycles. The van der Waals surface area contributed by atoms with Crippen molar-refractivity contribution in [3.05, 3.63) is 83.7 Å². The highest BCUT2D eigenvalue weighted by atomic mass is 32.2. The van der Waals surface area contributed by atoms with Crippen LogP contribution in [0.3, 0.4) is 0 Å². The second-order valence-corrected chi connectivity index (χ2v) is 8.85. The fraction of sp³-hybridized carbons (Fsp3) is 0.174. The maximum atomic E-state index is 13.1. The number of sulfonamides is 1. The Morgan fingerprint density at radius 3 is 2.38 bits per heavy atom. The summed E-state index contributed by atoms with van der Waals surface area (Å²) in [6.07, 6.45) is 0. The van der Waals surface area contributed by atoms with Crippen LogP contribution in [0, 0.1) is 5.82 Å². The Labute approximate surface area is 194 Å². The average Bonchev–Trinajstić information content (AvgIpc) is 2.80. The van der Waals surface area contributed by atoms with E-state index in [1.54, 1.807) is 0 Å². The molecule has 3 rings (SSSR count). The SMILES string of the molecule is COc1cc(CN(C)C(=O)c2cccc(S(=O)(=O)Nc3ccc(F)cc3)c2)ccc1OC(F)F. The van der Waals surface area contributed by atoms with Crippen molar-refractivity contribution < 1.29 is 35.9 Å². The molecule has 0 atom stereocenters. The molecule has 3 aromatic carbocycles. The summed E-state index contributed by atoms with van der Waals surface area (Å²) in [6.45, 7) is -2.92. The van der Waals surface area contributed by atoms with Crippen LogP contribution in [-0.4, -0.2) is 40.0 Å². The third-order valence-electron chi connectivity index (χ3n) is 4.70. The van der Waals surface area contributed by atoms with Crippen LogP contribution >= 0.6 is 0 Å². The maximum Gasteiger partial charge on any atom is 0.387 e. The molecule has 0 unspecified atom stereocenters. The van der Waals surface area contributed by atoms with E-state index in [1.165, 1.54) is 73.7 Å². The molecule has 0 aliphatic heterocycles. The van der Waals surface area contributed by atoms with Crippen LogP contribution in [0.4, 0.5) is 18.9 Å². The van der Waals surface area contributed by atoms with Gasteiger partial charge in [-0.1, -0.05) is 12.1 Å². The Morgan fingerprint density at radius 1 is 1.03 bits per heavy atom. The Balaban J connectivity index is 1.76. The number of hydrogen-bond acceptors (Lipinski definition) is 5. The van der Waals surface area contributed by atoms with Gasteiger partial charge in [0.1, 0.15) is 5.82 Å². The summed E-state index contributed by atoms with van der Waals surface area (Å²) in [6, 6.07) is 14.5. The summed E-state index contributed by atoms with van der Waals surface area (Å²) in [5.74, 6) is -1.03. The molecule has 3 aromatic rings. The summed E-state index contributed by atoms with van der Waals surface area (Å²) < 4.78 is 75.2. The van der Waals surface area contributed by atoms with E-state index >= 15 is 0 Å². The van der Waals surface area contributed by atoms with Crippen molar-refractivity contribution in [2.45, 2.75) is 18.1 Å². The van der Waals surface area contributed by atoms with Crippen molar-refractivity contribution in [3.63, 3.8) is 0 Å². The smallest absolute Gasteiger partial charge is 0.387 e. The van der Waals surface area contributed by atoms with E-state index < -0.39 is 28.4 Å². The molecule has 0 aliphatic rings. The van der Waals surface area contributed by atoms with Gasteiger partial charge in [0.2, 0.25) is 0 Å². The minimum absolute atomic E-state index is 0.0820. The molecule has 0 spiro atoms. The predicted molar refractivity (Wildman–Crippen MR) is 119 cm³/mol. The molecule has 180 valence electrons.